The van der Waals surface area contributed by atoms with Gasteiger partial charge < -0.3 is 0 Å². The van der Waals surface area contributed by atoms with E-state index in [1.165, 1.54) is 0 Å². The van der Waals surface area contributed by atoms with Crippen molar-refractivity contribution in [2.75, 3.05) is 0 Å². The molecule has 72 valence electrons. The largest absolute Gasteiger partial charge is 0.255 e. The van der Waals surface area contributed by atoms with E-state index < -0.39 is 0 Å². The molecule has 14 heavy (non-hydrogen) atoms. The van der Waals surface area contributed by atoms with E-state index in [4.69, 9.17) is 23.2 Å². The van der Waals surface area contributed by atoms with Crippen molar-refractivity contribution in [3.8, 4) is 11.4 Å². The van der Waals surface area contributed by atoms with Crippen LogP contribution in [0.3, 0.4) is 0 Å². The molecule has 0 aliphatic carbocycles. The molecule has 2 aromatic rings. The molecule has 1 aromatic heterocycles. The lowest BCUT2D eigenvalue weighted by Crippen LogP contribution is -1.87. The molecule has 1 heterocycles. The molecule has 0 aliphatic heterocycles. The van der Waals surface area contributed by atoms with E-state index in [0.717, 1.165) is 5.56 Å². The second kappa shape index (κ2) is 3.59. The van der Waals surface area contributed by atoms with Crippen molar-refractivity contribution in [3.05, 3.63) is 34.6 Å². The number of rotatable bonds is 1. The zero-order valence-corrected chi connectivity index (χ0v) is 8.92. The third-order valence-electron chi connectivity index (χ3n) is 1.78. The molecule has 0 amide bonds. The number of hydrogen-bond acceptors (Lipinski definition) is 2. The van der Waals surface area contributed by atoms with Gasteiger partial charge in [-0.05, 0) is 18.2 Å². The van der Waals surface area contributed by atoms with Crippen molar-refractivity contribution in [1.82, 2.24) is 14.8 Å². The van der Waals surface area contributed by atoms with Gasteiger partial charge in [0.1, 0.15) is 6.33 Å². The van der Waals surface area contributed by atoms with E-state index in [1.807, 2.05) is 13.1 Å². The third-order valence-corrected chi connectivity index (χ3v) is 2.52. The first kappa shape index (κ1) is 9.49. The Morgan fingerprint density at radius 2 is 2.00 bits per heavy atom. The molecule has 0 N–H and O–H groups in total. The van der Waals surface area contributed by atoms with Gasteiger partial charge in [0.25, 0.3) is 0 Å². The highest BCUT2D eigenvalue weighted by Gasteiger charge is 2.05. The van der Waals surface area contributed by atoms with Crippen LogP contribution in [0.5, 0.6) is 0 Å². The fourth-order valence-corrected chi connectivity index (χ4v) is 1.40. The van der Waals surface area contributed by atoms with Crippen LogP contribution in [0, 0.1) is 0 Å². The van der Waals surface area contributed by atoms with Crippen molar-refractivity contribution in [2.45, 2.75) is 0 Å². The van der Waals surface area contributed by atoms with Gasteiger partial charge in [0, 0.05) is 12.6 Å². The second-order valence-electron chi connectivity index (χ2n) is 2.87. The SMILES string of the molecule is Cn1cnc(-c2ccc(Cl)c(Cl)c2)n1. The molecular formula is C9H7Cl2N3. The predicted molar refractivity (Wildman–Crippen MR) is 56.5 cm³/mol. The van der Waals surface area contributed by atoms with Crippen LogP contribution < -0.4 is 0 Å². The van der Waals surface area contributed by atoms with Gasteiger partial charge in [0.05, 0.1) is 10.0 Å². The van der Waals surface area contributed by atoms with Crippen molar-refractivity contribution in [1.29, 1.82) is 0 Å². The Kier molecular flexibility index (Phi) is 2.44. The molecule has 0 saturated heterocycles. The maximum absolute atomic E-state index is 5.88. The van der Waals surface area contributed by atoms with Crippen LogP contribution in [0.4, 0.5) is 0 Å². The molecule has 3 nitrogen and oxygen atoms in total. The Balaban J connectivity index is 2.47. The maximum atomic E-state index is 5.88. The van der Waals surface area contributed by atoms with Crippen LogP contribution in [0.2, 0.25) is 10.0 Å². The van der Waals surface area contributed by atoms with Crippen molar-refractivity contribution >= 4 is 23.2 Å². The van der Waals surface area contributed by atoms with Crippen molar-refractivity contribution < 1.29 is 0 Å². The molecule has 0 radical (unpaired) electrons. The fourth-order valence-electron chi connectivity index (χ4n) is 1.11. The summed E-state index contributed by atoms with van der Waals surface area (Å²) in [6.45, 7) is 0. The van der Waals surface area contributed by atoms with E-state index in [2.05, 4.69) is 10.1 Å². The Morgan fingerprint density at radius 1 is 1.21 bits per heavy atom. The summed E-state index contributed by atoms with van der Waals surface area (Å²) >= 11 is 11.7. The van der Waals surface area contributed by atoms with Gasteiger partial charge >= 0.3 is 0 Å². The summed E-state index contributed by atoms with van der Waals surface area (Å²) in [5.74, 6) is 0.645. The van der Waals surface area contributed by atoms with Gasteiger partial charge in [0.15, 0.2) is 5.82 Å². The second-order valence-corrected chi connectivity index (χ2v) is 3.69. The number of aromatic nitrogens is 3. The molecule has 0 fully saturated rings. The summed E-state index contributed by atoms with van der Waals surface area (Å²) in [5, 5.41) is 5.20. The number of benzene rings is 1. The summed E-state index contributed by atoms with van der Waals surface area (Å²) in [7, 11) is 1.81. The average Bonchev–Trinajstić information content (AvgIpc) is 2.57. The van der Waals surface area contributed by atoms with Crippen LogP contribution in [0.15, 0.2) is 24.5 Å². The van der Waals surface area contributed by atoms with Crippen LogP contribution >= 0.6 is 23.2 Å². The molecule has 2 rings (SSSR count). The molecule has 0 atom stereocenters. The van der Waals surface area contributed by atoms with E-state index in [-0.39, 0.29) is 0 Å². The van der Waals surface area contributed by atoms with Gasteiger partial charge in [-0.2, -0.15) is 5.10 Å². The summed E-state index contributed by atoms with van der Waals surface area (Å²) in [4.78, 5) is 4.11. The molecule has 1 aromatic carbocycles. The highest BCUT2D eigenvalue weighted by Crippen LogP contribution is 2.26. The van der Waals surface area contributed by atoms with Crippen LogP contribution in [-0.4, -0.2) is 14.8 Å². The smallest absolute Gasteiger partial charge is 0.181 e. The van der Waals surface area contributed by atoms with Crippen LogP contribution in [0.25, 0.3) is 11.4 Å². The standard InChI is InChI=1S/C9H7Cl2N3/c1-14-5-12-9(13-14)6-2-3-7(10)8(11)4-6/h2-5H,1H3. The Morgan fingerprint density at radius 3 is 2.57 bits per heavy atom. The van der Waals surface area contributed by atoms with Gasteiger partial charge in [-0.3, -0.25) is 4.68 Å². The number of aryl methyl sites for hydroxylation is 1. The first-order valence-electron chi connectivity index (χ1n) is 3.98. The molecule has 0 unspecified atom stereocenters. The minimum Gasteiger partial charge on any atom is -0.255 e. The normalized spacial score (nSPS) is 10.5. The summed E-state index contributed by atoms with van der Waals surface area (Å²) in [6.07, 6.45) is 1.64. The first-order chi connectivity index (χ1) is 6.66. The fraction of sp³-hybridized carbons (Fsp3) is 0.111. The van der Waals surface area contributed by atoms with Gasteiger partial charge in [0.2, 0.25) is 0 Å². The quantitative estimate of drug-likeness (QED) is 0.751. The zero-order valence-electron chi connectivity index (χ0n) is 7.41. The zero-order chi connectivity index (χ0) is 10.1. The van der Waals surface area contributed by atoms with E-state index in [0.29, 0.717) is 15.9 Å². The average molecular weight is 228 g/mol. The molecule has 0 aliphatic rings. The Hall–Kier alpha value is -1.06. The van der Waals surface area contributed by atoms with Crippen molar-refractivity contribution in [3.63, 3.8) is 0 Å². The minimum absolute atomic E-state index is 0.511. The lowest BCUT2D eigenvalue weighted by atomic mass is 10.2. The van der Waals surface area contributed by atoms with E-state index in [1.54, 1.807) is 23.1 Å². The topological polar surface area (TPSA) is 30.7 Å². The molecular weight excluding hydrogens is 221 g/mol. The van der Waals surface area contributed by atoms with E-state index in [9.17, 15) is 0 Å². The number of nitrogens with zero attached hydrogens (tertiary/aromatic N) is 3. The molecule has 0 saturated carbocycles. The molecule has 0 bridgehead atoms. The predicted octanol–water partition coefficient (Wildman–Crippen LogP) is 2.79. The van der Waals surface area contributed by atoms with Gasteiger partial charge in [-0.15, -0.1) is 0 Å². The summed E-state index contributed by atoms with van der Waals surface area (Å²) in [5.41, 5.74) is 0.861. The summed E-state index contributed by atoms with van der Waals surface area (Å²) in [6, 6.07) is 5.32. The van der Waals surface area contributed by atoms with Gasteiger partial charge in [-0.25, -0.2) is 4.98 Å². The first-order valence-corrected chi connectivity index (χ1v) is 4.73. The van der Waals surface area contributed by atoms with Crippen molar-refractivity contribution in [2.24, 2.45) is 7.05 Å². The Labute approximate surface area is 91.3 Å². The molecule has 0 spiro atoms. The highest BCUT2D eigenvalue weighted by atomic mass is 35.5. The summed E-state index contributed by atoms with van der Waals surface area (Å²) < 4.78 is 1.64. The van der Waals surface area contributed by atoms with E-state index >= 15 is 0 Å². The Bertz CT molecular complexity index is 465. The highest BCUT2D eigenvalue weighted by molar-refractivity contribution is 6.42. The van der Waals surface area contributed by atoms with Crippen LogP contribution in [-0.2, 0) is 7.05 Å². The lowest BCUT2D eigenvalue weighted by molar-refractivity contribution is 0.768. The number of hydrogen-bond donors (Lipinski definition) is 0. The number of halogens is 2. The molecule has 5 heteroatoms. The van der Waals surface area contributed by atoms with Gasteiger partial charge in [-0.1, -0.05) is 23.2 Å². The van der Waals surface area contributed by atoms with Crippen LogP contribution in [0.1, 0.15) is 0 Å². The maximum Gasteiger partial charge on any atom is 0.181 e. The monoisotopic (exact) mass is 227 g/mol. The lowest BCUT2D eigenvalue weighted by Gasteiger charge is -1.98. The minimum atomic E-state index is 0.511. The third kappa shape index (κ3) is 1.74.